The molecule has 0 saturated heterocycles. The van der Waals surface area contributed by atoms with Gasteiger partial charge in [0.05, 0.1) is 5.92 Å². The van der Waals surface area contributed by atoms with Crippen molar-refractivity contribution in [2.75, 3.05) is 0 Å². The summed E-state index contributed by atoms with van der Waals surface area (Å²) in [6, 6.07) is 14.6. The molecular formula is C25H29NO3Si. The van der Waals surface area contributed by atoms with Gasteiger partial charge in [0.1, 0.15) is 14.1 Å². The molecule has 30 heavy (non-hydrogen) atoms. The van der Waals surface area contributed by atoms with E-state index in [9.17, 15) is 14.7 Å². The molecule has 0 heterocycles. The number of aliphatic carboxylic acids is 1. The quantitative estimate of drug-likeness (QED) is 0.552. The van der Waals surface area contributed by atoms with Crippen LogP contribution in [-0.2, 0) is 9.59 Å². The van der Waals surface area contributed by atoms with E-state index in [4.69, 9.17) is 0 Å². The Balaban J connectivity index is 1.83. The molecule has 5 heteroatoms. The first-order valence-corrected chi connectivity index (χ1v) is 13.2. The number of nitrogens with one attached hydrogen (secondary N) is 1. The number of carbonyl (C=O) groups is 2. The van der Waals surface area contributed by atoms with Crippen LogP contribution < -0.4 is 5.32 Å². The van der Waals surface area contributed by atoms with Crippen molar-refractivity contribution in [2.24, 2.45) is 0 Å². The average molecular weight is 420 g/mol. The smallest absolute Gasteiger partial charge is 0.327 e. The van der Waals surface area contributed by atoms with Gasteiger partial charge in [0.2, 0.25) is 5.91 Å². The maximum atomic E-state index is 13.2. The second-order valence-corrected chi connectivity index (χ2v) is 14.4. The molecule has 0 unspecified atom stereocenters. The summed E-state index contributed by atoms with van der Waals surface area (Å²) in [6.45, 7) is 10.9. The van der Waals surface area contributed by atoms with Crippen molar-refractivity contribution < 1.29 is 14.7 Å². The summed E-state index contributed by atoms with van der Waals surface area (Å²) in [4.78, 5) is 25.0. The molecule has 2 N–H and O–H groups in total. The molecule has 0 aromatic heterocycles. The third-order valence-corrected chi connectivity index (χ3v) is 10.8. The summed E-state index contributed by atoms with van der Waals surface area (Å²) in [5, 5.41) is 12.5. The molecule has 0 bridgehead atoms. The standard InChI is InChI=1S/C25H29NO3Si/c1-25(2,3)30(4,5)16-10-15-21(24(28)29)26-23(27)22-19-13-8-6-11-17(19)18-12-7-9-14-20(18)22/h6-9,11-14,21-22H,15H2,1-5H3,(H,26,27)(H,28,29)/t21-/m1/s1. The number of amides is 1. The predicted molar refractivity (Wildman–Crippen MR) is 123 cm³/mol. The molecule has 0 spiro atoms. The first-order valence-electron chi connectivity index (χ1n) is 10.2. The Morgan fingerprint density at radius 1 is 1.03 bits per heavy atom. The Labute approximate surface area is 179 Å². The second kappa shape index (κ2) is 8.12. The van der Waals surface area contributed by atoms with E-state index in [2.05, 4.69) is 50.6 Å². The fourth-order valence-corrected chi connectivity index (χ4v) is 4.37. The van der Waals surface area contributed by atoms with Crippen LogP contribution in [0.2, 0.25) is 18.1 Å². The highest BCUT2D eigenvalue weighted by Crippen LogP contribution is 2.44. The van der Waals surface area contributed by atoms with Gasteiger partial charge in [-0.05, 0) is 27.3 Å². The van der Waals surface area contributed by atoms with Crippen molar-refractivity contribution >= 4 is 20.0 Å². The zero-order valence-corrected chi connectivity index (χ0v) is 19.2. The number of carboxylic acid groups (broad SMARTS) is 1. The minimum Gasteiger partial charge on any atom is -0.480 e. The highest BCUT2D eigenvalue weighted by Gasteiger charge is 2.36. The fourth-order valence-electron chi connectivity index (χ4n) is 3.45. The molecule has 1 aliphatic rings. The molecule has 0 aliphatic heterocycles. The molecule has 1 amide bonds. The van der Waals surface area contributed by atoms with Crippen molar-refractivity contribution in [3.05, 3.63) is 59.7 Å². The minimum absolute atomic E-state index is 0.0965. The van der Waals surface area contributed by atoms with Crippen molar-refractivity contribution in [3.8, 4) is 22.6 Å². The van der Waals surface area contributed by atoms with Gasteiger partial charge in [-0.1, -0.05) is 82.4 Å². The van der Waals surface area contributed by atoms with Crippen LogP contribution in [-0.4, -0.2) is 31.1 Å². The molecule has 3 rings (SSSR count). The van der Waals surface area contributed by atoms with Crippen LogP contribution in [0.15, 0.2) is 48.5 Å². The van der Waals surface area contributed by atoms with Crippen LogP contribution in [0.25, 0.3) is 11.1 Å². The molecule has 2 aromatic rings. The topological polar surface area (TPSA) is 66.4 Å². The van der Waals surface area contributed by atoms with Crippen molar-refractivity contribution in [1.82, 2.24) is 5.32 Å². The zero-order chi connectivity index (χ0) is 22.1. The van der Waals surface area contributed by atoms with Crippen LogP contribution >= 0.6 is 0 Å². The highest BCUT2D eigenvalue weighted by molar-refractivity contribution is 6.87. The van der Waals surface area contributed by atoms with Gasteiger partial charge in [-0.2, -0.15) is 0 Å². The Bertz CT molecular complexity index is 995. The summed E-state index contributed by atoms with van der Waals surface area (Å²) in [5.74, 6) is 1.20. The SMILES string of the molecule is CC(C)(C)[Si](C)(C)C#CC[C@@H](NC(=O)C1c2ccccc2-c2ccccc21)C(=O)O. The summed E-state index contributed by atoms with van der Waals surface area (Å²) in [6.07, 6.45) is 0.101. The van der Waals surface area contributed by atoms with Gasteiger partial charge in [-0.3, -0.25) is 4.79 Å². The summed E-state index contributed by atoms with van der Waals surface area (Å²) in [7, 11) is -1.83. The largest absolute Gasteiger partial charge is 0.480 e. The maximum Gasteiger partial charge on any atom is 0.327 e. The zero-order valence-electron chi connectivity index (χ0n) is 18.2. The van der Waals surface area contributed by atoms with Crippen LogP contribution in [0, 0.1) is 11.5 Å². The van der Waals surface area contributed by atoms with Crippen molar-refractivity contribution in [1.29, 1.82) is 0 Å². The molecule has 1 atom stereocenters. The van der Waals surface area contributed by atoms with Gasteiger partial charge in [-0.15, -0.1) is 11.5 Å². The predicted octanol–water partition coefficient (Wildman–Crippen LogP) is 4.81. The monoisotopic (exact) mass is 419 g/mol. The normalized spacial score (nSPS) is 14.2. The number of hydrogen-bond donors (Lipinski definition) is 2. The van der Waals surface area contributed by atoms with Gasteiger partial charge < -0.3 is 10.4 Å². The Morgan fingerprint density at radius 2 is 1.53 bits per heavy atom. The van der Waals surface area contributed by atoms with E-state index < -0.39 is 26.0 Å². The lowest BCUT2D eigenvalue weighted by molar-refractivity contribution is -0.141. The lowest BCUT2D eigenvalue weighted by Crippen LogP contribution is -2.43. The number of rotatable bonds is 4. The van der Waals surface area contributed by atoms with Crippen molar-refractivity contribution in [2.45, 2.75) is 57.3 Å². The average Bonchev–Trinajstić information content (AvgIpc) is 3.00. The Kier molecular flexibility index (Phi) is 5.91. The Morgan fingerprint density at radius 3 is 2.00 bits per heavy atom. The lowest BCUT2D eigenvalue weighted by Gasteiger charge is -2.31. The van der Waals surface area contributed by atoms with Gasteiger partial charge in [0.25, 0.3) is 0 Å². The van der Waals surface area contributed by atoms with Crippen LogP contribution in [0.5, 0.6) is 0 Å². The third-order valence-electron chi connectivity index (χ3n) is 6.29. The number of carbonyl (C=O) groups excluding carboxylic acids is 1. The van der Waals surface area contributed by atoms with Gasteiger partial charge >= 0.3 is 5.97 Å². The molecular weight excluding hydrogens is 390 g/mol. The highest BCUT2D eigenvalue weighted by atomic mass is 28.3. The van der Waals surface area contributed by atoms with E-state index in [1.807, 2.05) is 48.5 Å². The summed E-state index contributed by atoms with van der Waals surface area (Å²) < 4.78 is 0. The second-order valence-electron chi connectivity index (χ2n) is 9.39. The van der Waals surface area contributed by atoms with Gasteiger partial charge in [0, 0.05) is 6.42 Å². The van der Waals surface area contributed by atoms with E-state index in [-0.39, 0.29) is 17.4 Å². The fraction of sp³-hybridized carbons (Fsp3) is 0.360. The van der Waals surface area contributed by atoms with Crippen molar-refractivity contribution in [3.63, 3.8) is 0 Å². The number of fused-ring (bicyclic) bond motifs is 3. The molecule has 0 saturated carbocycles. The summed E-state index contributed by atoms with van der Waals surface area (Å²) >= 11 is 0. The third kappa shape index (κ3) is 4.19. The first-order chi connectivity index (χ1) is 14.0. The number of benzene rings is 2. The van der Waals surface area contributed by atoms with E-state index in [1.54, 1.807) is 0 Å². The number of carboxylic acids is 1. The Hall–Kier alpha value is -2.84. The summed E-state index contributed by atoms with van der Waals surface area (Å²) in [5.41, 5.74) is 7.20. The molecule has 4 nitrogen and oxygen atoms in total. The maximum absolute atomic E-state index is 13.2. The molecule has 2 aromatic carbocycles. The van der Waals surface area contributed by atoms with E-state index in [0.29, 0.717) is 0 Å². The molecule has 0 radical (unpaired) electrons. The van der Waals surface area contributed by atoms with Crippen LogP contribution in [0.1, 0.15) is 44.2 Å². The first kappa shape index (κ1) is 21.9. The van der Waals surface area contributed by atoms with Gasteiger partial charge in [0.15, 0.2) is 0 Å². The van der Waals surface area contributed by atoms with E-state index in [1.165, 1.54) is 0 Å². The van der Waals surface area contributed by atoms with Gasteiger partial charge in [-0.25, -0.2) is 4.79 Å². The van der Waals surface area contributed by atoms with Crippen LogP contribution in [0.3, 0.4) is 0 Å². The molecule has 0 fully saturated rings. The lowest BCUT2D eigenvalue weighted by atomic mass is 9.95. The van der Waals surface area contributed by atoms with Crippen LogP contribution in [0.4, 0.5) is 0 Å². The van der Waals surface area contributed by atoms with E-state index >= 15 is 0 Å². The number of hydrogen-bond acceptors (Lipinski definition) is 2. The van der Waals surface area contributed by atoms with E-state index in [0.717, 1.165) is 22.3 Å². The molecule has 156 valence electrons. The molecule has 1 aliphatic carbocycles. The minimum atomic E-state index is -1.83.